The summed E-state index contributed by atoms with van der Waals surface area (Å²) < 4.78 is 82.3. The summed E-state index contributed by atoms with van der Waals surface area (Å²) in [6, 6.07) is 13.5. The maximum Gasteiger partial charge on any atom is 0.416 e. The molecule has 11 N–H and O–H groups in total. The summed E-state index contributed by atoms with van der Waals surface area (Å²) in [6.07, 6.45) is -8.47. The molecule has 7 atom stereocenters. The predicted molar refractivity (Wildman–Crippen MR) is 305 cm³/mol. The van der Waals surface area contributed by atoms with Gasteiger partial charge >= 0.3 is 12.4 Å². The quantitative estimate of drug-likeness (QED) is 0.0279. The lowest BCUT2D eigenvalue weighted by atomic mass is 10.00. The molecule has 19 nitrogen and oxygen atoms in total. The van der Waals surface area contributed by atoms with E-state index in [4.69, 9.17) is 5.73 Å². The highest BCUT2D eigenvalue weighted by Crippen LogP contribution is 2.36. The predicted octanol–water partition coefficient (Wildman–Crippen LogP) is 4.02. The van der Waals surface area contributed by atoms with E-state index in [0.29, 0.717) is 46.1 Å². The molecule has 0 spiro atoms. The maximum absolute atomic E-state index is 14.3. The lowest BCUT2D eigenvalue weighted by Crippen LogP contribution is -2.60. The number of carbonyl (C=O) groups is 8. The van der Waals surface area contributed by atoms with Gasteiger partial charge < -0.3 is 57.9 Å². The number of likely N-dealkylation sites (tertiary alicyclic amines) is 1. The smallest absolute Gasteiger partial charge is 0.416 e. The molecular weight excluding hydrogens is 1150 g/mol. The Morgan fingerprint density at radius 2 is 1.21 bits per heavy atom. The molecule has 84 heavy (non-hydrogen) atoms. The zero-order valence-corrected chi connectivity index (χ0v) is 47.4. The third-order valence-electron chi connectivity index (χ3n) is 13.7. The second-order valence-electron chi connectivity index (χ2n) is 20.6. The number of carbonyl (C=O) groups excluding carboxylic acids is 8. The Hall–Kier alpha value is -7.78. The lowest BCUT2D eigenvalue weighted by molar-refractivity contribution is -0.143. The molecule has 0 radical (unpaired) electrons. The molecule has 27 heteroatoms. The second kappa shape index (κ2) is 29.6. The van der Waals surface area contributed by atoms with Crippen LogP contribution in [0.5, 0.6) is 5.75 Å². The first kappa shape index (κ1) is 65.4. The average Bonchev–Trinajstić information content (AvgIpc) is 4.13. The normalized spacial score (nSPS) is 15.7. The number of nitrogens with one attached hydrogen (secondary N) is 8. The molecule has 1 saturated heterocycles. The van der Waals surface area contributed by atoms with Crippen LogP contribution in [0.3, 0.4) is 0 Å². The zero-order valence-electron chi connectivity index (χ0n) is 45.6. The van der Waals surface area contributed by atoms with Crippen molar-refractivity contribution in [2.24, 2.45) is 11.7 Å². The van der Waals surface area contributed by atoms with Crippen LogP contribution in [0.4, 0.5) is 26.3 Å². The van der Waals surface area contributed by atoms with Gasteiger partial charge in [0, 0.05) is 54.5 Å². The van der Waals surface area contributed by atoms with Gasteiger partial charge in [0.15, 0.2) is 0 Å². The van der Waals surface area contributed by atoms with Crippen molar-refractivity contribution in [1.29, 1.82) is 0 Å². The fourth-order valence-electron chi connectivity index (χ4n) is 9.41. The number of halogens is 6. The van der Waals surface area contributed by atoms with Crippen LogP contribution in [0.15, 0.2) is 103 Å². The molecule has 5 aromatic rings. The number of hydrogen-bond donors (Lipinski definition) is 12. The topological polar surface area (TPSA) is 286 Å². The van der Waals surface area contributed by atoms with Crippen molar-refractivity contribution >= 4 is 83.4 Å². The van der Waals surface area contributed by atoms with E-state index < -0.39 is 132 Å². The van der Waals surface area contributed by atoms with Crippen molar-refractivity contribution in [1.82, 2.24) is 47.1 Å². The van der Waals surface area contributed by atoms with Crippen LogP contribution in [0.1, 0.15) is 66.5 Å². The van der Waals surface area contributed by atoms with Crippen molar-refractivity contribution in [3.63, 3.8) is 0 Å². The minimum absolute atomic E-state index is 0.00169. The van der Waals surface area contributed by atoms with Crippen LogP contribution >= 0.6 is 25.3 Å². The van der Waals surface area contributed by atoms with E-state index in [1.54, 1.807) is 86.8 Å². The minimum Gasteiger partial charge on any atom is -0.508 e. The summed E-state index contributed by atoms with van der Waals surface area (Å²) in [5, 5.41) is 28.1. The SMILES string of the molecule is CC(C)C[C@H](NC(=O)[C@@H]1CCCN1C(=O)[C@@H](CS)NC(=O)[C@H](Cc1ccccc1)NC(=O)CNC(=O)[C@@H](CS)NC(=O)[C@@H](N)Cc1ccc(O)cc1)C(=O)N[C@@H](Cc1c[nH]c2ccccc12)C(=O)NCc1cc(C(F)(F)F)cc(C(F)(F)F)c1. The van der Waals surface area contributed by atoms with E-state index in [-0.39, 0.29) is 67.9 Å². The number of H-pyrrole nitrogens is 1. The van der Waals surface area contributed by atoms with Gasteiger partial charge in [0.05, 0.1) is 23.7 Å². The first-order chi connectivity index (χ1) is 39.7. The summed E-state index contributed by atoms with van der Waals surface area (Å²) in [4.78, 5) is 115. The fraction of sp³-hybridized carbons (Fsp3) is 0.404. The van der Waals surface area contributed by atoms with Crippen LogP contribution < -0.4 is 43.0 Å². The number of thiol groups is 2. The van der Waals surface area contributed by atoms with Gasteiger partial charge in [-0.2, -0.15) is 51.6 Å². The third-order valence-corrected chi connectivity index (χ3v) is 14.5. The van der Waals surface area contributed by atoms with E-state index in [0.717, 1.165) is 0 Å². The molecule has 1 aromatic heterocycles. The van der Waals surface area contributed by atoms with Gasteiger partial charge in [-0.25, -0.2) is 0 Å². The molecule has 452 valence electrons. The maximum atomic E-state index is 14.3. The van der Waals surface area contributed by atoms with Crippen molar-refractivity contribution in [2.75, 3.05) is 24.6 Å². The molecule has 0 bridgehead atoms. The first-order valence-corrected chi connectivity index (χ1v) is 28.0. The summed E-state index contributed by atoms with van der Waals surface area (Å²) in [5.74, 6) is -7.11. The molecule has 8 amide bonds. The number of benzene rings is 4. The zero-order chi connectivity index (χ0) is 61.5. The highest BCUT2D eigenvalue weighted by molar-refractivity contribution is 7.80. The number of phenolic OH excluding ortho intramolecular Hbond substituents is 1. The largest absolute Gasteiger partial charge is 0.508 e. The second-order valence-corrected chi connectivity index (χ2v) is 21.4. The van der Waals surface area contributed by atoms with Crippen molar-refractivity contribution in [2.45, 2.75) is 114 Å². The monoisotopic (exact) mass is 1210 g/mol. The number of aromatic hydroxyl groups is 1. The number of phenols is 1. The van der Waals surface area contributed by atoms with Gasteiger partial charge in [-0.15, -0.1) is 0 Å². The van der Waals surface area contributed by atoms with Crippen LogP contribution in [0, 0.1) is 5.92 Å². The molecule has 0 aliphatic carbocycles. The molecule has 4 aromatic carbocycles. The Balaban J connectivity index is 1.12. The number of aromatic amines is 1. The van der Waals surface area contributed by atoms with E-state index in [2.05, 4.69) is 67.5 Å². The highest BCUT2D eigenvalue weighted by Gasteiger charge is 2.41. The van der Waals surface area contributed by atoms with E-state index in [1.165, 1.54) is 17.0 Å². The Labute approximate surface area is 490 Å². The van der Waals surface area contributed by atoms with Crippen LogP contribution in [0.2, 0.25) is 0 Å². The number of alkyl halides is 6. The molecule has 0 saturated carbocycles. The van der Waals surface area contributed by atoms with Gasteiger partial charge in [-0.1, -0.05) is 74.5 Å². The molecule has 6 rings (SSSR count). The molecule has 2 heterocycles. The van der Waals surface area contributed by atoms with E-state index in [1.807, 2.05) is 0 Å². The fourth-order valence-corrected chi connectivity index (χ4v) is 9.92. The van der Waals surface area contributed by atoms with Crippen molar-refractivity contribution in [3.05, 3.63) is 137 Å². The third kappa shape index (κ3) is 18.6. The summed E-state index contributed by atoms with van der Waals surface area (Å²) >= 11 is 8.52. The number of rotatable bonds is 26. The molecular formula is C57H66F6N10O9S2. The van der Waals surface area contributed by atoms with Gasteiger partial charge in [-0.3, -0.25) is 38.4 Å². The molecule has 1 fully saturated rings. The standard InChI is InChI=1S/C57H66F6N10O9S2/c1-31(2)19-42(52(79)69-44(24-35-27-65-41-12-7-6-11-39(35)41)50(77)66-26-34-20-36(56(58,59)60)25-37(21-34)57(61,62)63)70-54(81)47-13-8-18-73(47)55(82)46(30-84)72-53(80)43(23-32-9-4-3-5-10-32)68-48(75)28-67-51(78)45(29-83)71-49(76)40(64)22-33-14-16-38(74)17-15-33/h3-7,9-12,14-17,20-21,25,27,31,40,42-47,65,74,83-84H,8,13,18-19,22-24,26,28-30,64H2,1-2H3,(H,66,77)(H,67,78)(H,68,75)(H,69,79)(H,70,81)(H,71,76)(H,72,80)/t40-,42-,43-,44-,45+,46+,47-/m0/s1. The van der Waals surface area contributed by atoms with Gasteiger partial charge in [0.25, 0.3) is 0 Å². The number of nitrogens with zero attached hydrogens (tertiary/aromatic N) is 1. The minimum atomic E-state index is -5.15. The van der Waals surface area contributed by atoms with Crippen molar-refractivity contribution < 1.29 is 69.8 Å². The number of aromatic nitrogens is 1. The van der Waals surface area contributed by atoms with Gasteiger partial charge in [0.2, 0.25) is 47.3 Å². The first-order valence-electron chi connectivity index (χ1n) is 26.7. The summed E-state index contributed by atoms with van der Waals surface area (Å²) in [6.45, 7) is 2.11. The van der Waals surface area contributed by atoms with Crippen LogP contribution in [-0.2, 0) is 76.5 Å². The van der Waals surface area contributed by atoms with E-state index >= 15 is 0 Å². The van der Waals surface area contributed by atoms with Crippen molar-refractivity contribution in [3.8, 4) is 5.75 Å². The summed E-state index contributed by atoms with van der Waals surface area (Å²) in [5.41, 5.74) is 4.82. The number of amides is 8. The number of para-hydroxylation sites is 1. The molecule has 1 aliphatic heterocycles. The lowest BCUT2D eigenvalue weighted by Gasteiger charge is -2.30. The van der Waals surface area contributed by atoms with Crippen LogP contribution in [-0.4, -0.2) is 129 Å². The Bertz CT molecular complexity index is 3100. The number of fused-ring (bicyclic) bond motifs is 1. The molecule has 0 unspecified atom stereocenters. The Morgan fingerprint density at radius 1 is 0.643 bits per heavy atom. The van der Waals surface area contributed by atoms with Gasteiger partial charge in [-0.05, 0) is 90.3 Å². The average molecular weight is 1210 g/mol. The summed E-state index contributed by atoms with van der Waals surface area (Å²) in [7, 11) is 0. The van der Waals surface area contributed by atoms with Gasteiger partial charge in [0.1, 0.15) is 42.0 Å². The van der Waals surface area contributed by atoms with E-state index in [9.17, 15) is 69.8 Å². The number of nitrogens with two attached hydrogens (primary N) is 1. The van der Waals surface area contributed by atoms with Crippen LogP contribution in [0.25, 0.3) is 10.9 Å². The Morgan fingerprint density at radius 3 is 1.85 bits per heavy atom. The Kier molecular flexibility index (Phi) is 23.1. The highest BCUT2D eigenvalue weighted by atomic mass is 32.1. The number of hydrogen-bond acceptors (Lipinski definition) is 12. The molecule has 1 aliphatic rings.